The van der Waals surface area contributed by atoms with Gasteiger partial charge in [-0.1, -0.05) is 31.2 Å². The number of amides is 2. The predicted octanol–water partition coefficient (Wildman–Crippen LogP) is 3.11. The van der Waals surface area contributed by atoms with Crippen LogP contribution in [-0.2, 0) is 16.0 Å². The van der Waals surface area contributed by atoms with Crippen LogP contribution in [-0.4, -0.2) is 18.4 Å². The first-order valence-electron chi connectivity index (χ1n) is 8.31. The van der Waals surface area contributed by atoms with Gasteiger partial charge in [0.1, 0.15) is 6.07 Å². The molecule has 0 unspecified atom stereocenters. The van der Waals surface area contributed by atoms with Crippen LogP contribution in [0.1, 0.15) is 24.5 Å². The fraction of sp³-hybridized carbons (Fsp3) is 0.250. The molecule has 1 aliphatic heterocycles. The Kier molecular flexibility index (Phi) is 4.80. The van der Waals surface area contributed by atoms with Crippen molar-refractivity contribution in [3.63, 3.8) is 0 Å². The summed E-state index contributed by atoms with van der Waals surface area (Å²) in [4.78, 5) is 26.5. The molecule has 1 atom stereocenters. The number of nitriles is 1. The van der Waals surface area contributed by atoms with Gasteiger partial charge in [0, 0.05) is 18.7 Å². The molecule has 1 heterocycles. The fourth-order valence-corrected chi connectivity index (χ4v) is 2.97. The molecule has 1 fully saturated rings. The maximum absolute atomic E-state index is 12.5. The fourth-order valence-electron chi connectivity index (χ4n) is 2.97. The van der Waals surface area contributed by atoms with Crippen LogP contribution in [0.15, 0.2) is 48.5 Å². The quantitative estimate of drug-likeness (QED) is 0.934. The van der Waals surface area contributed by atoms with E-state index in [1.807, 2.05) is 24.3 Å². The molecule has 2 aromatic rings. The number of rotatable bonds is 4. The maximum Gasteiger partial charge on any atom is 0.229 e. The predicted molar refractivity (Wildman–Crippen MR) is 96.1 cm³/mol. The third-order valence-electron chi connectivity index (χ3n) is 4.46. The van der Waals surface area contributed by atoms with Crippen molar-refractivity contribution in [1.82, 2.24) is 0 Å². The van der Waals surface area contributed by atoms with Crippen LogP contribution in [0, 0.1) is 17.2 Å². The number of nitrogens with one attached hydrogen (secondary N) is 1. The third kappa shape index (κ3) is 3.53. The molecule has 0 aliphatic carbocycles. The van der Waals surface area contributed by atoms with Crippen LogP contribution in [0.2, 0.25) is 0 Å². The van der Waals surface area contributed by atoms with Crippen LogP contribution in [0.4, 0.5) is 11.4 Å². The summed E-state index contributed by atoms with van der Waals surface area (Å²) in [6.07, 6.45) is 1.12. The number of carbonyl (C=O) groups is 2. The number of anilines is 2. The molecule has 0 radical (unpaired) electrons. The highest BCUT2D eigenvalue weighted by Gasteiger charge is 2.35. The minimum absolute atomic E-state index is 0.0574. The van der Waals surface area contributed by atoms with Crippen molar-refractivity contribution in [3.8, 4) is 6.07 Å². The second kappa shape index (κ2) is 7.18. The van der Waals surface area contributed by atoms with Crippen molar-refractivity contribution < 1.29 is 9.59 Å². The number of hydrogen-bond acceptors (Lipinski definition) is 3. The van der Waals surface area contributed by atoms with Gasteiger partial charge in [0.25, 0.3) is 0 Å². The molecule has 25 heavy (non-hydrogen) atoms. The van der Waals surface area contributed by atoms with E-state index in [0.717, 1.165) is 12.1 Å². The van der Waals surface area contributed by atoms with Gasteiger partial charge in [-0.25, -0.2) is 0 Å². The van der Waals surface area contributed by atoms with E-state index in [-0.39, 0.29) is 18.2 Å². The Balaban J connectivity index is 1.71. The Morgan fingerprint density at radius 3 is 2.64 bits per heavy atom. The van der Waals surface area contributed by atoms with Crippen molar-refractivity contribution in [1.29, 1.82) is 5.26 Å². The van der Waals surface area contributed by atoms with Crippen LogP contribution < -0.4 is 10.2 Å². The van der Waals surface area contributed by atoms with Crippen molar-refractivity contribution in [2.45, 2.75) is 19.8 Å². The average Bonchev–Trinajstić information content (AvgIpc) is 3.04. The van der Waals surface area contributed by atoms with E-state index in [1.54, 1.807) is 29.2 Å². The van der Waals surface area contributed by atoms with E-state index in [2.05, 4.69) is 18.3 Å². The highest BCUT2D eigenvalue weighted by molar-refractivity contribution is 6.03. The molecule has 2 aromatic carbocycles. The van der Waals surface area contributed by atoms with E-state index in [1.165, 1.54) is 5.56 Å². The number of benzene rings is 2. The van der Waals surface area contributed by atoms with E-state index in [0.29, 0.717) is 17.8 Å². The molecule has 0 aromatic heterocycles. The van der Waals surface area contributed by atoms with Crippen molar-refractivity contribution in [3.05, 3.63) is 59.7 Å². The SMILES string of the molecule is CCc1ccc(N2C[C@H](C(=O)Nc3ccccc3C#N)CC2=O)cc1. The van der Waals surface area contributed by atoms with E-state index in [4.69, 9.17) is 5.26 Å². The van der Waals surface area contributed by atoms with Gasteiger partial charge in [-0.15, -0.1) is 0 Å². The summed E-state index contributed by atoms with van der Waals surface area (Å²) in [5.74, 6) is -0.716. The summed E-state index contributed by atoms with van der Waals surface area (Å²) in [6, 6.07) is 16.7. The Morgan fingerprint density at radius 2 is 1.96 bits per heavy atom. The van der Waals surface area contributed by atoms with Gasteiger partial charge in [-0.3, -0.25) is 9.59 Å². The molecule has 126 valence electrons. The zero-order valence-electron chi connectivity index (χ0n) is 14.0. The summed E-state index contributed by atoms with van der Waals surface area (Å²) >= 11 is 0. The summed E-state index contributed by atoms with van der Waals surface area (Å²) in [7, 11) is 0. The number of para-hydroxylation sites is 1. The molecule has 1 saturated heterocycles. The van der Waals surface area contributed by atoms with Gasteiger partial charge < -0.3 is 10.2 Å². The summed E-state index contributed by atoms with van der Waals surface area (Å²) in [6.45, 7) is 2.43. The standard InChI is InChI=1S/C20H19N3O2/c1-2-14-7-9-17(10-8-14)23-13-16(11-19(23)24)20(25)22-18-6-4-3-5-15(18)12-21/h3-10,16H,2,11,13H2,1H3,(H,22,25)/t16-/m1/s1. The zero-order chi connectivity index (χ0) is 17.8. The lowest BCUT2D eigenvalue weighted by Crippen LogP contribution is -2.28. The number of carbonyl (C=O) groups excluding carboxylic acids is 2. The van der Waals surface area contributed by atoms with Gasteiger partial charge in [-0.05, 0) is 36.2 Å². The minimum Gasteiger partial charge on any atom is -0.325 e. The number of nitrogens with zero attached hydrogens (tertiary/aromatic N) is 2. The molecule has 0 bridgehead atoms. The van der Waals surface area contributed by atoms with Crippen LogP contribution >= 0.6 is 0 Å². The van der Waals surface area contributed by atoms with E-state index in [9.17, 15) is 9.59 Å². The Morgan fingerprint density at radius 1 is 1.24 bits per heavy atom. The lowest BCUT2D eigenvalue weighted by Gasteiger charge is -2.17. The molecule has 0 spiro atoms. The van der Waals surface area contributed by atoms with Crippen LogP contribution in [0.3, 0.4) is 0 Å². The lowest BCUT2D eigenvalue weighted by atomic mass is 10.1. The summed E-state index contributed by atoms with van der Waals surface area (Å²) in [5.41, 5.74) is 2.91. The first kappa shape index (κ1) is 16.7. The first-order chi connectivity index (χ1) is 12.1. The number of aryl methyl sites for hydroxylation is 1. The van der Waals surface area contributed by atoms with Crippen molar-refractivity contribution >= 4 is 23.2 Å². The Labute approximate surface area is 146 Å². The smallest absolute Gasteiger partial charge is 0.229 e. The van der Waals surface area contributed by atoms with E-state index >= 15 is 0 Å². The summed E-state index contributed by atoms with van der Waals surface area (Å²) in [5, 5.41) is 11.9. The average molecular weight is 333 g/mol. The summed E-state index contributed by atoms with van der Waals surface area (Å²) < 4.78 is 0. The normalized spacial score (nSPS) is 16.6. The van der Waals surface area contributed by atoms with Gasteiger partial charge in [0.05, 0.1) is 17.2 Å². The Bertz CT molecular complexity index is 837. The monoisotopic (exact) mass is 333 g/mol. The van der Waals surface area contributed by atoms with Crippen molar-refractivity contribution in [2.75, 3.05) is 16.8 Å². The topological polar surface area (TPSA) is 73.2 Å². The zero-order valence-corrected chi connectivity index (χ0v) is 14.0. The second-order valence-corrected chi connectivity index (χ2v) is 6.07. The highest BCUT2D eigenvalue weighted by atomic mass is 16.2. The van der Waals surface area contributed by atoms with Crippen molar-refractivity contribution in [2.24, 2.45) is 5.92 Å². The molecule has 1 aliphatic rings. The van der Waals surface area contributed by atoms with E-state index < -0.39 is 5.92 Å². The highest BCUT2D eigenvalue weighted by Crippen LogP contribution is 2.27. The van der Waals surface area contributed by atoms with Gasteiger partial charge >= 0.3 is 0 Å². The molecule has 3 rings (SSSR count). The van der Waals surface area contributed by atoms with Gasteiger partial charge in [0.2, 0.25) is 11.8 Å². The Hall–Kier alpha value is -3.13. The molecule has 1 N–H and O–H groups in total. The lowest BCUT2D eigenvalue weighted by molar-refractivity contribution is -0.122. The number of hydrogen-bond donors (Lipinski definition) is 1. The molecular weight excluding hydrogens is 314 g/mol. The molecule has 0 saturated carbocycles. The van der Waals surface area contributed by atoms with Gasteiger partial charge in [0.15, 0.2) is 0 Å². The van der Waals surface area contributed by atoms with Crippen LogP contribution in [0.25, 0.3) is 0 Å². The molecule has 2 amide bonds. The molecular formula is C20H19N3O2. The first-order valence-corrected chi connectivity index (χ1v) is 8.31. The van der Waals surface area contributed by atoms with Gasteiger partial charge in [-0.2, -0.15) is 5.26 Å². The minimum atomic E-state index is -0.426. The maximum atomic E-state index is 12.5. The second-order valence-electron chi connectivity index (χ2n) is 6.07. The molecule has 5 heteroatoms. The molecule has 5 nitrogen and oxygen atoms in total. The largest absolute Gasteiger partial charge is 0.325 e. The third-order valence-corrected chi connectivity index (χ3v) is 4.46. The van der Waals surface area contributed by atoms with Crippen LogP contribution in [0.5, 0.6) is 0 Å².